The molecule has 8 heteroatoms. The molecule has 0 fully saturated rings. The monoisotopic (exact) mass is 555 g/mol. The number of fused-ring (bicyclic) bond motifs is 1. The molecule has 40 heavy (non-hydrogen) atoms. The second-order valence-corrected chi connectivity index (χ2v) is 11.8. The molecule has 2 N–H and O–H groups in total. The van der Waals surface area contributed by atoms with Gasteiger partial charge in [-0.3, -0.25) is 4.79 Å². The third-order valence-electron chi connectivity index (χ3n) is 7.41. The average Bonchev–Trinajstić information content (AvgIpc) is 3.53. The Morgan fingerprint density at radius 3 is 2.35 bits per heavy atom. The van der Waals surface area contributed by atoms with Crippen LogP contribution in [0.2, 0.25) is 0 Å². The molecular formula is C32H33N3O4S. The van der Waals surface area contributed by atoms with Gasteiger partial charge in [0.1, 0.15) is 11.4 Å². The van der Waals surface area contributed by atoms with E-state index in [2.05, 4.69) is 30.5 Å². The number of aromatic amines is 1. The number of hydrogen-bond acceptors (Lipinski definition) is 4. The Morgan fingerprint density at radius 1 is 0.950 bits per heavy atom. The van der Waals surface area contributed by atoms with Gasteiger partial charge in [-0.25, -0.2) is 13.1 Å². The minimum absolute atomic E-state index is 0.0302. The van der Waals surface area contributed by atoms with Crippen LogP contribution >= 0.6 is 0 Å². The lowest BCUT2D eigenvalue weighted by molar-refractivity contribution is 0.0976. The zero-order valence-corrected chi connectivity index (χ0v) is 23.9. The summed E-state index contributed by atoms with van der Waals surface area (Å²) in [5, 5.41) is 0.878. The van der Waals surface area contributed by atoms with Crippen LogP contribution < -0.4 is 9.46 Å². The van der Waals surface area contributed by atoms with E-state index in [-0.39, 0.29) is 10.6 Å². The predicted octanol–water partition coefficient (Wildman–Crippen LogP) is 6.23. The van der Waals surface area contributed by atoms with Gasteiger partial charge < -0.3 is 14.3 Å². The van der Waals surface area contributed by atoms with Gasteiger partial charge in [0.2, 0.25) is 0 Å². The summed E-state index contributed by atoms with van der Waals surface area (Å²) in [6.45, 7) is 6.69. The summed E-state index contributed by atoms with van der Waals surface area (Å²) in [7, 11) is -2.08. The normalized spacial score (nSPS) is 11.6. The molecule has 0 aliphatic rings. The highest BCUT2D eigenvalue weighted by molar-refractivity contribution is 7.90. The predicted molar refractivity (Wildman–Crippen MR) is 158 cm³/mol. The first-order chi connectivity index (χ1) is 19.2. The van der Waals surface area contributed by atoms with Gasteiger partial charge in [-0.2, -0.15) is 0 Å². The van der Waals surface area contributed by atoms with Crippen molar-refractivity contribution in [3.63, 3.8) is 0 Å². The number of aryl methyl sites for hydroxylation is 4. The van der Waals surface area contributed by atoms with Crippen LogP contribution in [0.4, 0.5) is 0 Å². The molecule has 0 saturated heterocycles. The molecule has 7 nitrogen and oxygen atoms in total. The number of hydrogen-bond donors (Lipinski definition) is 2. The van der Waals surface area contributed by atoms with Crippen molar-refractivity contribution in [3.8, 4) is 17.0 Å². The van der Waals surface area contributed by atoms with Gasteiger partial charge in [-0.15, -0.1) is 0 Å². The van der Waals surface area contributed by atoms with Crippen LogP contribution in [0.15, 0.2) is 83.9 Å². The van der Waals surface area contributed by atoms with Crippen LogP contribution in [-0.4, -0.2) is 30.5 Å². The molecule has 0 saturated carbocycles. The van der Waals surface area contributed by atoms with Crippen molar-refractivity contribution in [2.24, 2.45) is 7.05 Å². The standard InChI is InChI=1S/C32H33N3O4S/c1-21-19-24(20-22(2)23(21)3)39-18-10-15-27-26-13-8-14-28(29-16-9-17-35(29)4)30(26)33-31(27)32(36)34-40(37,38)25-11-6-5-7-12-25/h5-9,11-14,16-17,19-20,33H,10,15,18H2,1-4H3,(H,34,36). The second kappa shape index (κ2) is 11.1. The van der Waals surface area contributed by atoms with Gasteiger partial charge in [0.15, 0.2) is 0 Å². The third kappa shape index (κ3) is 5.40. The van der Waals surface area contributed by atoms with Gasteiger partial charge in [0, 0.05) is 29.9 Å². The quantitative estimate of drug-likeness (QED) is 0.211. The largest absolute Gasteiger partial charge is 0.494 e. The fraction of sp³-hybridized carbons (Fsp3) is 0.219. The Kier molecular flexibility index (Phi) is 7.54. The number of carbonyl (C=O) groups excluding carboxylic acids is 1. The molecule has 0 aliphatic heterocycles. The lowest BCUT2D eigenvalue weighted by Crippen LogP contribution is -2.31. The number of benzene rings is 3. The summed E-state index contributed by atoms with van der Waals surface area (Å²) in [4.78, 5) is 16.8. The number of nitrogens with one attached hydrogen (secondary N) is 2. The summed E-state index contributed by atoms with van der Waals surface area (Å²) in [5.41, 5.74) is 7.30. The number of carbonyl (C=O) groups is 1. The van der Waals surface area contributed by atoms with Crippen molar-refractivity contribution < 1.29 is 17.9 Å². The molecule has 5 rings (SSSR count). The molecule has 3 aromatic carbocycles. The summed E-state index contributed by atoms with van der Waals surface area (Å²) >= 11 is 0. The van der Waals surface area contributed by atoms with Gasteiger partial charge >= 0.3 is 0 Å². The smallest absolute Gasteiger partial charge is 0.281 e. The number of aromatic nitrogens is 2. The summed E-state index contributed by atoms with van der Waals surface area (Å²) < 4.78 is 36.3. The van der Waals surface area contributed by atoms with E-state index < -0.39 is 15.9 Å². The maximum absolute atomic E-state index is 13.5. The molecule has 0 radical (unpaired) electrons. The summed E-state index contributed by atoms with van der Waals surface area (Å²) in [6, 6.07) is 21.8. The number of para-hydroxylation sites is 1. The first kappa shape index (κ1) is 27.3. The molecule has 0 unspecified atom stereocenters. The summed E-state index contributed by atoms with van der Waals surface area (Å²) in [5.74, 6) is 0.121. The van der Waals surface area contributed by atoms with E-state index in [1.807, 2.05) is 60.3 Å². The topological polar surface area (TPSA) is 93.2 Å². The number of amides is 1. The van der Waals surface area contributed by atoms with Gasteiger partial charge in [0.25, 0.3) is 15.9 Å². The Labute approximate surface area is 234 Å². The molecule has 0 spiro atoms. The van der Waals surface area contributed by atoms with Gasteiger partial charge in [-0.1, -0.05) is 36.4 Å². The lowest BCUT2D eigenvalue weighted by atomic mass is 10.0. The third-order valence-corrected chi connectivity index (χ3v) is 8.76. The molecule has 0 aliphatic carbocycles. The molecule has 2 aromatic heterocycles. The maximum atomic E-state index is 13.5. The highest BCUT2D eigenvalue weighted by Gasteiger charge is 2.24. The first-order valence-electron chi connectivity index (χ1n) is 13.2. The van der Waals surface area contributed by atoms with Crippen LogP contribution in [0, 0.1) is 20.8 Å². The zero-order chi connectivity index (χ0) is 28.4. The van der Waals surface area contributed by atoms with E-state index in [0.717, 1.165) is 33.5 Å². The number of ether oxygens (including phenoxy) is 1. The van der Waals surface area contributed by atoms with Crippen LogP contribution in [0.1, 0.15) is 39.2 Å². The SMILES string of the molecule is Cc1cc(OCCCc2c(C(=O)NS(=O)(=O)c3ccccc3)[nH]c3c(-c4cccn4C)cccc23)cc(C)c1C. The van der Waals surface area contributed by atoms with Crippen LogP contribution in [0.5, 0.6) is 5.75 Å². The number of H-pyrrole nitrogens is 1. The Morgan fingerprint density at radius 2 is 1.68 bits per heavy atom. The zero-order valence-electron chi connectivity index (χ0n) is 23.1. The Hall–Kier alpha value is -4.30. The van der Waals surface area contributed by atoms with Crippen LogP contribution in [0.3, 0.4) is 0 Å². The van der Waals surface area contributed by atoms with E-state index in [4.69, 9.17) is 4.74 Å². The van der Waals surface area contributed by atoms with Crippen LogP contribution in [-0.2, 0) is 23.5 Å². The highest BCUT2D eigenvalue weighted by Crippen LogP contribution is 2.33. The summed E-state index contributed by atoms with van der Waals surface area (Å²) in [6.07, 6.45) is 3.12. The molecule has 5 aromatic rings. The minimum Gasteiger partial charge on any atom is -0.494 e. The molecule has 2 heterocycles. The van der Waals surface area contributed by atoms with Crippen LogP contribution in [0.25, 0.3) is 22.2 Å². The van der Waals surface area contributed by atoms with Gasteiger partial charge in [-0.05, 0) is 92.3 Å². The number of rotatable bonds is 9. The average molecular weight is 556 g/mol. The number of nitrogens with zero attached hydrogens (tertiary/aromatic N) is 1. The molecule has 0 atom stereocenters. The number of sulfonamides is 1. The fourth-order valence-corrected chi connectivity index (χ4v) is 6.01. The van der Waals surface area contributed by atoms with Crippen molar-refractivity contribution >= 4 is 26.8 Å². The second-order valence-electron chi connectivity index (χ2n) is 10.1. The van der Waals surface area contributed by atoms with E-state index >= 15 is 0 Å². The van der Waals surface area contributed by atoms with Crippen molar-refractivity contribution in [2.75, 3.05) is 6.61 Å². The van der Waals surface area contributed by atoms with Crippen molar-refractivity contribution in [1.29, 1.82) is 0 Å². The van der Waals surface area contributed by atoms with E-state index in [1.165, 1.54) is 28.8 Å². The highest BCUT2D eigenvalue weighted by atomic mass is 32.2. The van der Waals surface area contributed by atoms with Crippen molar-refractivity contribution in [1.82, 2.24) is 14.3 Å². The van der Waals surface area contributed by atoms with Gasteiger partial charge in [0.05, 0.1) is 17.0 Å². The van der Waals surface area contributed by atoms with E-state index in [0.29, 0.717) is 19.4 Å². The Balaban J connectivity index is 1.47. The minimum atomic E-state index is -4.04. The maximum Gasteiger partial charge on any atom is 0.281 e. The fourth-order valence-electron chi connectivity index (χ4n) is 5.03. The van der Waals surface area contributed by atoms with Crippen molar-refractivity contribution in [3.05, 3.63) is 107 Å². The Bertz CT molecular complexity index is 1780. The molecule has 0 bridgehead atoms. The first-order valence-corrected chi connectivity index (χ1v) is 14.7. The van der Waals surface area contributed by atoms with Crippen molar-refractivity contribution in [2.45, 2.75) is 38.5 Å². The van der Waals surface area contributed by atoms with E-state index in [9.17, 15) is 13.2 Å². The molecule has 1 amide bonds. The van der Waals surface area contributed by atoms with E-state index in [1.54, 1.807) is 18.2 Å². The molecular weight excluding hydrogens is 522 g/mol. The lowest BCUT2D eigenvalue weighted by Gasteiger charge is -2.11. The molecule has 206 valence electrons.